The van der Waals surface area contributed by atoms with Crippen LogP contribution in [0, 0.1) is 0 Å². The van der Waals surface area contributed by atoms with Crippen LogP contribution in [0.25, 0.3) is 0 Å². The molecule has 0 aromatic carbocycles. The lowest BCUT2D eigenvalue weighted by Gasteiger charge is -1.96. The van der Waals surface area contributed by atoms with E-state index in [0.717, 1.165) is 13.0 Å². The first-order valence-corrected chi connectivity index (χ1v) is 3.43. The van der Waals surface area contributed by atoms with Crippen LogP contribution in [0.5, 0.6) is 0 Å². The second-order valence-corrected chi connectivity index (χ2v) is 2.13. The topological polar surface area (TPSA) is 47.2 Å². The van der Waals surface area contributed by atoms with Gasteiger partial charge >= 0.3 is 0 Å². The molecule has 0 unspecified atom stereocenters. The Morgan fingerprint density at radius 2 is 2.55 bits per heavy atom. The third kappa shape index (κ3) is 2.78. The SMILES string of the molecule is O=C=NCCCn1ccnc1. The average Bonchev–Trinajstić information content (AvgIpc) is 2.50. The van der Waals surface area contributed by atoms with Crippen LogP contribution >= 0.6 is 0 Å². The van der Waals surface area contributed by atoms with Gasteiger partial charge < -0.3 is 4.57 Å². The minimum absolute atomic E-state index is 0.543. The summed E-state index contributed by atoms with van der Waals surface area (Å²) in [4.78, 5) is 17.0. The third-order valence-electron chi connectivity index (χ3n) is 1.31. The molecule has 4 heteroatoms. The van der Waals surface area contributed by atoms with Crippen molar-refractivity contribution in [3.63, 3.8) is 0 Å². The summed E-state index contributed by atoms with van der Waals surface area (Å²) in [5.41, 5.74) is 0. The first-order valence-electron chi connectivity index (χ1n) is 3.43. The molecule has 0 aliphatic heterocycles. The van der Waals surface area contributed by atoms with E-state index in [0.29, 0.717) is 6.54 Å². The fraction of sp³-hybridized carbons (Fsp3) is 0.429. The van der Waals surface area contributed by atoms with Gasteiger partial charge in [0.15, 0.2) is 0 Å². The Hall–Kier alpha value is -1.41. The lowest BCUT2D eigenvalue weighted by Crippen LogP contribution is -1.95. The van der Waals surface area contributed by atoms with Crippen LogP contribution < -0.4 is 0 Å². The summed E-state index contributed by atoms with van der Waals surface area (Å²) in [7, 11) is 0. The molecule has 0 fully saturated rings. The molecular weight excluding hydrogens is 142 g/mol. The van der Waals surface area contributed by atoms with E-state index >= 15 is 0 Å². The van der Waals surface area contributed by atoms with E-state index < -0.39 is 0 Å². The highest BCUT2D eigenvalue weighted by Gasteiger charge is 1.87. The van der Waals surface area contributed by atoms with Crippen LogP contribution in [0.4, 0.5) is 0 Å². The monoisotopic (exact) mass is 151 g/mol. The minimum atomic E-state index is 0.543. The van der Waals surface area contributed by atoms with Gasteiger partial charge in [-0.1, -0.05) is 0 Å². The van der Waals surface area contributed by atoms with Crippen LogP contribution in [0.3, 0.4) is 0 Å². The molecule has 0 saturated carbocycles. The maximum absolute atomic E-state index is 9.66. The smallest absolute Gasteiger partial charge is 0.234 e. The Morgan fingerprint density at radius 1 is 1.64 bits per heavy atom. The van der Waals surface area contributed by atoms with Crippen LogP contribution in [-0.2, 0) is 11.3 Å². The van der Waals surface area contributed by atoms with Gasteiger partial charge in [0.05, 0.1) is 12.9 Å². The highest BCUT2D eigenvalue weighted by atomic mass is 16.1. The second kappa shape index (κ2) is 4.41. The third-order valence-corrected chi connectivity index (χ3v) is 1.31. The Morgan fingerprint density at radius 3 is 3.18 bits per heavy atom. The summed E-state index contributed by atoms with van der Waals surface area (Å²) in [6, 6.07) is 0. The number of nitrogens with zero attached hydrogens (tertiary/aromatic N) is 3. The minimum Gasteiger partial charge on any atom is -0.337 e. The van der Waals surface area contributed by atoms with Gasteiger partial charge in [0.1, 0.15) is 0 Å². The standard InChI is InChI=1S/C7H9N3O/c11-7-9-2-1-4-10-5-3-8-6-10/h3,5-6H,1-2,4H2. The molecule has 0 amide bonds. The van der Waals surface area contributed by atoms with Crippen LogP contribution in [-0.4, -0.2) is 22.2 Å². The quantitative estimate of drug-likeness (QED) is 0.359. The first-order chi connectivity index (χ1) is 5.43. The van der Waals surface area contributed by atoms with Gasteiger partial charge in [-0.25, -0.2) is 14.8 Å². The summed E-state index contributed by atoms with van der Waals surface area (Å²) in [5, 5.41) is 0. The Bertz CT molecular complexity index is 236. The number of aromatic nitrogens is 2. The van der Waals surface area contributed by atoms with Crippen molar-refractivity contribution in [3.05, 3.63) is 18.7 Å². The number of aryl methyl sites for hydroxylation is 1. The summed E-state index contributed by atoms with van der Waals surface area (Å²) in [6.07, 6.45) is 7.70. The molecule has 1 aromatic heterocycles. The van der Waals surface area contributed by atoms with Crippen LogP contribution in [0.1, 0.15) is 6.42 Å². The van der Waals surface area contributed by atoms with Crippen molar-refractivity contribution >= 4 is 6.08 Å². The number of aliphatic imine (C=N–C) groups is 1. The molecule has 0 spiro atoms. The number of hydrogen-bond donors (Lipinski definition) is 0. The summed E-state index contributed by atoms with van der Waals surface area (Å²) < 4.78 is 1.94. The zero-order valence-corrected chi connectivity index (χ0v) is 6.10. The van der Waals surface area contributed by atoms with E-state index in [1.54, 1.807) is 12.5 Å². The molecule has 0 radical (unpaired) electrons. The Labute approximate surface area is 64.6 Å². The predicted molar refractivity (Wildman–Crippen MR) is 39.8 cm³/mol. The fourth-order valence-electron chi connectivity index (χ4n) is 0.797. The molecule has 0 aliphatic carbocycles. The number of carbonyl (C=O) groups excluding carboxylic acids is 1. The summed E-state index contributed by atoms with van der Waals surface area (Å²) in [6.45, 7) is 1.40. The zero-order chi connectivity index (χ0) is 7.94. The molecule has 0 bridgehead atoms. The molecule has 0 N–H and O–H groups in total. The Balaban J connectivity index is 2.18. The van der Waals surface area contributed by atoms with E-state index in [-0.39, 0.29) is 0 Å². The van der Waals surface area contributed by atoms with Crippen molar-refractivity contribution in [2.24, 2.45) is 4.99 Å². The molecule has 58 valence electrons. The van der Waals surface area contributed by atoms with Crippen molar-refractivity contribution in [2.75, 3.05) is 6.54 Å². The average molecular weight is 151 g/mol. The highest BCUT2D eigenvalue weighted by Crippen LogP contribution is 1.89. The van der Waals surface area contributed by atoms with E-state index in [2.05, 4.69) is 9.98 Å². The molecule has 0 saturated heterocycles. The number of rotatable bonds is 4. The molecule has 1 heterocycles. The van der Waals surface area contributed by atoms with E-state index in [1.165, 1.54) is 6.08 Å². The lowest BCUT2D eigenvalue weighted by atomic mass is 10.4. The number of hydrogen-bond acceptors (Lipinski definition) is 3. The lowest BCUT2D eigenvalue weighted by molar-refractivity contribution is 0.560. The highest BCUT2D eigenvalue weighted by molar-refractivity contribution is 5.32. The van der Waals surface area contributed by atoms with Crippen molar-refractivity contribution in [1.29, 1.82) is 0 Å². The zero-order valence-electron chi connectivity index (χ0n) is 6.10. The largest absolute Gasteiger partial charge is 0.337 e. The maximum Gasteiger partial charge on any atom is 0.234 e. The van der Waals surface area contributed by atoms with Gasteiger partial charge in [-0.3, -0.25) is 0 Å². The van der Waals surface area contributed by atoms with Crippen molar-refractivity contribution in [1.82, 2.24) is 9.55 Å². The molecular formula is C7H9N3O. The normalized spacial score (nSPS) is 9.09. The first kappa shape index (κ1) is 7.69. The van der Waals surface area contributed by atoms with Crippen LogP contribution in [0.2, 0.25) is 0 Å². The number of imidazole rings is 1. The van der Waals surface area contributed by atoms with Crippen molar-refractivity contribution < 1.29 is 4.79 Å². The summed E-state index contributed by atoms with van der Waals surface area (Å²) >= 11 is 0. The molecule has 1 rings (SSSR count). The van der Waals surface area contributed by atoms with Gasteiger partial charge in [0.2, 0.25) is 6.08 Å². The van der Waals surface area contributed by atoms with E-state index in [4.69, 9.17) is 0 Å². The second-order valence-electron chi connectivity index (χ2n) is 2.13. The Kier molecular flexibility index (Phi) is 3.09. The molecule has 0 atom stereocenters. The maximum atomic E-state index is 9.66. The molecule has 4 nitrogen and oxygen atoms in total. The van der Waals surface area contributed by atoms with E-state index in [1.807, 2.05) is 10.8 Å². The van der Waals surface area contributed by atoms with Gasteiger partial charge in [0, 0.05) is 18.9 Å². The van der Waals surface area contributed by atoms with Gasteiger partial charge in [0.25, 0.3) is 0 Å². The summed E-state index contributed by atoms with van der Waals surface area (Å²) in [5.74, 6) is 0. The fourth-order valence-corrected chi connectivity index (χ4v) is 0.797. The van der Waals surface area contributed by atoms with Gasteiger partial charge in [-0.05, 0) is 6.42 Å². The van der Waals surface area contributed by atoms with Gasteiger partial charge in [-0.2, -0.15) is 0 Å². The van der Waals surface area contributed by atoms with Crippen LogP contribution in [0.15, 0.2) is 23.7 Å². The molecule has 1 aromatic rings. The molecule has 11 heavy (non-hydrogen) atoms. The number of isocyanates is 1. The van der Waals surface area contributed by atoms with Gasteiger partial charge in [-0.15, -0.1) is 0 Å². The van der Waals surface area contributed by atoms with E-state index in [9.17, 15) is 4.79 Å². The predicted octanol–water partition coefficient (Wildman–Crippen LogP) is 0.609. The van der Waals surface area contributed by atoms with Crippen molar-refractivity contribution in [3.8, 4) is 0 Å². The van der Waals surface area contributed by atoms with Crippen molar-refractivity contribution in [2.45, 2.75) is 13.0 Å². The molecule has 0 aliphatic rings.